The van der Waals surface area contributed by atoms with Crippen molar-refractivity contribution in [3.8, 4) is 11.5 Å². The Morgan fingerprint density at radius 2 is 1.88 bits per heavy atom. The quantitative estimate of drug-likeness (QED) is 0.891. The zero-order valence-electron chi connectivity index (χ0n) is 14.5. The summed E-state index contributed by atoms with van der Waals surface area (Å²) >= 11 is 0. The lowest BCUT2D eigenvalue weighted by atomic mass is 10.1. The van der Waals surface area contributed by atoms with Gasteiger partial charge in [-0.1, -0.05) is 6.07 Å². The van der Waals surface area contributed by atoms with Crippen molar-refractivity contribution in [2.75, 3.05) is 25.7 Å². The molecule has 1 aliphatic rings. The maximum absolute atomic E-state index is 13.1. The average molecular weight is 358 g/mol. The van der Waals surface area contributed by atoms with Crippen molar-refractivity contribution >= 4 is 17.5 Å². The summed E-state index contributed by atoms with van der Waals surface area (Å²) in [5, 5.41) is 2.85. The molecule has 7 heteroatoms. The third-order valence-corrected chi connectivity index (χ3v) is 4.25. The molecule has 1 aliphatic heterocycles. The lowest BCUT2D eigenvalue weighted by Crippen LogP contribution is -2.37. The summed E-state index contributed by atoms with van der Waals surface area (Å²) in [5.41, 5.74) is 0.937. The molecule has 1 saturated heterocycles. The smallest absolute Gasteiger partial charge is 0.255 e. The number of nitrogens with zero attached hydrogens (tertiary/aromatic N) is 1. The molecule has 6 nitrogen and oxygen atoms in total. The van der Waals surface area contributed by atoms with Gasteiger partial charge in [0, 0.05) is 18.7 Å². The van der Waals surface area contributed by atoms with Gasteiger partial charge in [-0.05, 0) is 36.4 Å². The largest absolute Gasteiger partial charge is 0.493 e. The van der Waals surface area contributed by atoms with Crippen LogP contribution in [0.1, 0.15) is 16.8 Å². The molecule has 1 atom stereocenters. The van der Waals surface area contributed by atoms with Crippen molar-refractivity contribution in [3.05, 3.63) is 53.8 Å². The van der Waals surface area contributed by atoms with E-state index in [2.05, 4.69) is 5.32 Å². The molecule has 2 aromatic rings. The summed E-state index contributed by atoms with van der Waals surface area (Å²) in [6, 6.07) is 10.4. The van der Waals surface area contributed by atoms with Crippen molar-refractivity contribution in [1.29, 1.82) is 0 Å². The molecule has 0 spiro atoms. The number of carbonyl (C=O) groups is 2. The van der Waals surface area contributed by atoms with Crippen LogP contribution in [0, 0.1) is 5.82 Å². The van der Waals surface area contributed by atoms with E-state index in [4.69, 9.17) is 9.47 Å². The molecular weight excluding hydrogens is 339 g/mol. The molecule has 0 aromatic heterocycles. The highest BCUT2D eigenvalue weighted by atomic mass is 19.1. The fourth-order valence-corrected chi connectivity index (χ4v) is 3.00. The van der Waals surface area contributed by atoms with E-state index in [1.165, 1.54) is 31.3 Å². The van der Waals surface area contributed by atoms with Crippen LogP contribution in [0.4, 0.5) is 10.1 Å². The molecule has 0 unspecified atom stereocenters. The van der Waals surface area contributed by atoms with Gasteiger partial charge in [-0.25, -0.2) is 4.39 Å². The predicted molar refractivity (Wildman–Crippen MR) is 94.2 cm³/mol. The monoisotopic (exact) mass is 358 g/mol. The standard InChI is InChI=1S/C19H19FN2O4/c1-25-16-5-3-4-15(18(16)26-2)19(24)21-13-10-17(23)22(11-13)14-8-6-12(20)7-9-14/h3-9,13H,10-11H2,1-2H3,(H,21,24)/t13-/m1/s1. The fraction of sp³-hybridized carbons (Fsp3) is 0.263. The molecule has 0 aliphatic carbocycles. The topological polar surface area (TPSA) is 67.9 Å². The Morgan fingerprint density at radius 1 is 1.15 bits per heavy atom. The number of nitrogens with one attached hydrogen (secondary N) is 1. The zero-order valence-corrected chi connectivity index (χ0v) is 14.5. The Hall–Kier alpha value is -3.09. The fourth-order valence-electron chi connectivity index (χ4n) is 3.00. The normalized spacial score (nSPS) is 16.5. The molecule has 3 rings (SSSR count). The van der Waals surface area contributed by atoms with Gasteiger partial charge in [0.25, 0.3) is 5.91 Å². The minimum absolute atomic E-state index is 0.125. The van der Waals surface area contributed by atoms with Gasteiger partial charge in [-0.3, -0.25) is 9.59 Å². The number of hydrogen-bond donors (Lipinski definition) is 1. The molecule has 0 saturated carbocycles. The van der Waals surface area contributed by atoms with Crippen LogP contribution in [0.2, 0.25) is 0 Å². The van der Waals surface area contributed by atoms with Crippen LogP contribution < -0.4 is 19.7 Å². The summed E-state index contributed by atoms with van der Waals surface area (Å²) in [6.45, 7) is 0.322. The van der Waals surface area contributed by atoms with E-state index in [9.17, 15) is 14.0 Å². The van der Waals surface area contributed by atoms with E-state index < -0.39 is 0 Å². The van der Waals surface area contributed by atoms with Gasteiger partial charge in [-0.15, -0.1) is 0 Å². The lowest BCUT2D eigenvalue weighted by Gasteiger charge is -2.18. The van der Waals surface area contributed by atoms with Gasteiger partial charge in [0.2, 0.25) is 5.91 Å². The first-order valence-electron chi connectivity index (χ1n) is 8.11. The van der Waals surface area contributed by atoms with Gasteiger partial charge in [0.05, 0.1) is 25.8 Å². The predicted octanol–water partition coefficient (Wildman–Crippen LogP) is 2.38. The second-order valence-electron chi connectivity index (χ2n) is 5.90. The van der Waals surface area contributed by atoms with Gasteiger partial charge in [0.15, 0.2) is 11.5 Å². The van der Waals surface area contributed by atoms with Crippen LogP contribution in [-0.2, 0) is 4.79 Å². The number of halogens is 1. The van der Waals surface area contributed by atoms with E-state index >= 15 is 0 Å². The van der Waals surface area contributed by atoms with Crippen LogP contribution in [0.15, 0.2) is 42.5 Å². The van der Waals surface area contributed by atoms with Crippen LogP contribution in [-0.4, -0.2) is 38.6 Å². The first kappa shape index (κ1) is 17.7. The Bertz CT molecular complexity index is 823. The maximum atomic E-state index is 13.1. The maximum Gasteiger partial charge on any atom is 0.255 e. The molecule has 0 radical (unpaired) electrons. The highest BCUT2D eigenvalue weighted by Gasteiger charge is 2.32. The Labute approximate surface area is 150 Å². The van der Waals surface area contributed by atoms with Crippen molar-refractivity contribution in [3.63, 3.8) is 0 Å². The number of amides is 2. The summed E-state index contributed by atoms with van der Waals surface area (Å²) in [5.74, 6) is -0.0443. The molecule has 1 fully saturated rings. The second-order valence-corrected chi connectivity index (χ2v) is 5.90. The number of rotatable bonds is 5. The molecule has 136 valence electrons. The van der Waals surface area contributed by atoms with Crippen LogP contribution >= 0.6 is 0 Å². The number of carbonyl (C=O) groups excluding carboxylic acids is 2. The Kier molecular flexibility index (Phi) is 5.06. The lowest BCUT2D eigenvalue weighted by molar-refractivity contribution is -0.117. The molecule has 1 N–H and O–H groups in total. The summed E-state index contributed by atoms with van der Waals surface area (Å²) in [7, 11) is 2.96. The number of methoxy groups -OCH3 is 2. The molecule has 0 bridgehead atoms. The number of ether oxygens (including phenoxy) is 2. The first-order chi connectivity index (χ1) is 12.5. The zero-order chi connectivity index (χ0) is 18.7. The Balaban J connectivity index is 1.73. The van der Waals surface area contributed by atoms with Gasteiger partial charge in [-0.2, -0.15) is 0 Å². The van der Waals surface area contributed by atoms with Crippen molar-refractivity contribution in [2.24, 2.45) is 0 Å². The number of para-hydroxylation sites is 1. The number of hydrogen-bond acceptors (Lipinski definition) is 4. The minimum Gasteiger partial charge on any atom is -0.493 e. The summed E-state index contributed by atoms with van der Waals surface area (Å²) in [4.78, 5) is 26.4. The third kappa shape index (κ3) is 3.46. The van der Waals surface area contributed by atoms with Crippen LogP contribution in [0.3, 0.4) is 0 Å². The van der Waals surface area contributed by atoms with Crippen LogP contribution in [0.5, 0.6) is 11.5 Å². The number of benzene rings is 2. The minimum atomic E-state index is -0.365. The average Bonchev–Trinajstić information content (AvgIpc) is 3.01. The van der Waals surface area contributed by atoms with E-state index in [1.54, 1.807) is 30.3 Å². The van der Waals surface area contributed by atoms with E-state index in [0.29, 0.717) is 29.3 Å². The summed E-state index contributed by atoms with van der Waals surface area (Å²) in [6.07, 6.45) is 0.176. The third-order valence-electron chi connectivity index (χ3n) is 4.25. The molecule has 2 aromatic carbocycles. The highest BCUT2D eigenvalue weighted by Crippen LogP contribution is 2.31. The van der Waals surface area contributed by atoms with E-state index in [1.807, 2.05) is 0 Å². The van der Waals surface area contributed by atoms with Gasteiger partial charge >= 0.3 is 0 Å². The Morgan fingerprint density at radius 3 is 2.54 bits per heavy atom. The second kappa shape index (κ2) is 7.43. The van der Waals surface area contributed by atoms with Crippen molar-refractivity contribution < 1.29 is 23.5 Å². The summed E-state index contributed by atoms with van der Waals surface area (Å²) < 4.78 is 23.5. The SMILES string of the molecule is COc1cccc(C(=O)N[C@@H]2CC(=O)N(c3ccc(F)cc3)C2)c1OC. The van der Waals surface area contributed by atoms with Crippen LogP contribution in [0.25, 0.3) is 0 Å². The molecule has 2 amide bonds. The number of anilines is 1. The molecular formula is C19H19FN2O4. The molecule has 26 heavy (non-hydrogen) atoms. The van der Waals surface area contributed by atoms with Gasteiger partial charge in [0.1, 0.15) is 5.82 Å². The van der Waals surface area contributed by atoms with Crippen molar-refractivity contribution in [1.82, 2.24) is 5.32 Å². The van der Waals surface area contributed by atoms with E-state index in [0.717, 1.165) is 0 Å². The first-order valence-corrected chi connectivity index (χ1v) is 8.11. The van der Waals surface area contributed by atoms with Crippen molar-refractivity contribution in [2.45, 2.75) is 12.5 Å². The van der Waals surface area contributed by atoms with E-state index in [-0.39, 0.29) is 30.1 Å². The highest BCUT2D eigenvalue weighted by molar-refractivity contribution is 6.00. The van der Waals surface area contributed by atoms with Gasteiger partial charge < -0.3 is 19.7 Å². The molecule has 1 heterocycles.